The molecular formula is C11H17NOS. The smallest absolute Gasteiger partial charge is 0.107 e. The number of hydrogen-bond acceptors (Lipinski definition) is 3. The Bertz CT molecular complexity index is 285. The zero-order valence-electron chi connectivity index (χ0n) is 8.57. The number of nitrogens with zero attached hydrogens (tertiary/aromatic N) is 1. The van der Waals surface area contributed by atoms with Crippen LogP contribution in [0.2, 0.25) is 0 Å². The molecule has 2 atom stereocenters. The zero-order chi connectivity index (χ0) is 10.0. The van der Waals surface area contributed by atoms with Crippen LogP contribution in [0.1, 0.15) is 44.7 Å². The SMILES string of the molecule is CC1CCCC(O)(c2cscn2)CC1. The van der Waals surface area contributed by atoms with Crippen molar-refractivity contribution < 1.29 is 5.11 Å². The standard InChI is InChI=1S/C11H17NOS/c1-9-3-2-5-11(13,6-4-9)10-7-14-8-12-10/h7-9,13H,2-6H2,1H3. The van der Waals surface area contributed by atoms with E-state index in [0.29, 0.717) is 0 Å². The second-order valence-electron chi connectivity index (χ2n) is 4.44. The average molecular weight is 211 g/mol. The summed E-state index contributed by atoms with van der Waals surface area (Å²) in [7, 11) is 0. The van der Waals surface area contributed by atoms with Gasteiger partial charge in [0.15, 0.2) is 0 Å². The van der Waals surface area contributed by atoms with Gasteiger partial charge in [0.05, 0.1) is 11.2 Å². The van der Waals surface area contributed by atoms with Gasteiger partial charge in [-0.3, -0.25) is 0 Å². The molecule has 14 heavy (non-hydrogen) atoms. The maximum absolute atomic E-state index is 10.5. The van der Waals surface area contributed by atoms with Crippen LogP contribution < -0.4 is 0 Å². The minimum absolute atomic E-state index is 0.634. The van der Waals surface area contributed by atoms with Crippen LogP contribution in [0.3, 0.4) is 0 Å². The minimum atomic E-state index is -0.634. The minimum Gasteiger partial charge on any atom is -0.384 e. The molecule has 0 aromatic carbocycles. The molecule has 0 amide bonds. The molecule has 1 aliphatic rings. The molecule has 1 saturated carbocycles. The van der Waals surface area contributed by atoms with E-state index in [2.05, 4.69) is 11.9 Å². The third-order valence-electron chi connectivity index (χ3n) is 3.25. The van der Waals surface area contributed by atoms with Gasteiger partial charge in [-0.25, -0.2) is 4.98 Å². The lowest BCUT2D eigenvalue weighted by Gasteiger charge is -2.24. The first kappa shape index (κ1) is 10.1. The van der Waals surface area contributed by atoms with Crippen LogP contribution in [0.25, 0.3) is 0 Å². The summed E-state index contributed by atoms with van der Waals surface area (Å²) >= 11 is 1.57. The van der Waals surface area contributed by atoms with Crippen molar-refractivity contribution >= 4 is 11.3 Å². The topological polar surface area (TPSA) is 33.1 Å². The highest BCUT2D eigenvalue weighted by atomic mass is 32.1. The van der Waals surface area contributed by atoms with Crippen molar-refractivity contribution in [1.82, 2.24) is 4.98 Å². The monoisotopic (exact) mass is 211 g/mol. The highest BCUT2D eigenvalue weighted by Crippen LogP contribution is 2.37. The number of thiazole rings is 1. The third kappa shape index (κ3) is 1.98. The number of aromatic nitrogens is 1. The quantitative estimate of drug-likeness (QED) is 0.724. The Balaban J connectivity index is 2.15. The molecule has 0 spiro atoms. The average Bonchev–Trinajstić information content (AvgIpc) is 2.63. The maximum atomic E-state index is 10.5. The van der Waals surface area contributed by atoms with Crippen molar-refractivity contribution in [2.24, 2.45) is 5.92 Å². The molecule has 0 saturated heterocycles. The molecule has 1 heterocycles. The predicted octanol–water partition coefficient (Wildman–Crippen LogP) is 2.93. The normalized spacial score (nSPS) is 34.0. The second kappa shape index (κ2) is 3.99. The lowest BCUT2D eigenvalue weighted by Crippen LogP contribution is -2.25. The zero-order valence-corrected chi connectivity index (χ0v) is 9.39. The van der Waals surface area contributed by atoms with Gasteiger partial charge in [0.1, 0.15) is 5.60 Å². The van der Waals surface area contributed by atoms with Crippen LogP contribution in [0.4, 0.5) is 0 Å². The van der Waals surface area contributed by atoms with Crippen LogP contribution in [0.5, 0.6) is 0 Å². The van der Waals surface area contributed by atoms with Crippen molar-refractivity contribution in [3.63, 3.8) is 0 Å². The molecule has 2 nitrogen and oxygen atoms in total. The van der Waals surface area contributed by atoms with Gasteiger partial charge in [-0.05, 0) is 31.6 Å². The Hall–Kier alpha value is -0.410. The third-order valence-corrected chi connectivity index (χ3v) is 3.83. The highest BCUT2D eigenvalue weighted by molar-refractivity contribution is 7.07. The van der Waals surface area contributed by atoms with Crippen LogP contribution in [-0.4, -0.2) is 10.1 Å². The van der Waals surface area contributed by atoms with Gasteiger partial charge in [-0.1, -0.05) is 13.3 Å². The van der Waals surface area contributed by atoms with Crippen LogP contribution in [0, 0.1) is 5.92 Å². The number of hydrogen-bond donors (Lipinski definition) is 1. The fourth-order valence-corrected chi connectivity index (χ4v) is 2.84. The van der Waals surface area contributed by atoms with Crippen LogP contribution >= 0.6 is 11.3 Å². The van der Waals surface area contributed by atoms with Gasteiger partial charge in [0.2, 0.25) is 0 Å². The van der Waals surface area contributed by atoms with E-state index in [1.165, 1.54) is 6.42 Å². The first-order valence-electron chi connectivity index (χ1n) is 5.32. The van der Waals surface area contributed by atoms with Crippen LogP contribution in [-0.2, 0) is 5.60 Å². The summed E-state index contributed by atoms with van der Waals surface area (Å²) in [5.74, 6) is 0.752. The molecule has 1 fully saturated rings. The predicted molar refractivity (Wildman–Crippen MR) is 58.3 cm³/mol. The van der Waals surface area contributed by atoms with E-state index in [4.69, 9.17) is 0 Å². The van der Waals surface area contributed by atoms with Crippen molar-refractivity contribution in [1.29, 1.82) is 0 Å². The van der Waals surface area contributed by atoms with Crippen molar-refractivity contribution in [2.45, 2.75) is 44.6 Å². The van der Waals surface area contributed by atoms with E-state index in [9.17, 15) is 5.11 Å². The van der Waals surface area contributed by atoms with E-state index in [1.54, 1.807) is 11.3 Å². The molecule has 1 aliphatic carbocycles. The largest absolute Gasteiger partial charge is 0.384 e. The molecule has 2 unspecified atom stereocenters. The van der Waals surface area contributed by atoms with E-state index in [1.807, 2.05) is 10.9 Å². The molecule has 0 radical (unpaired) electrons. The fraction of sp³-hybridized carbons (Fsp3) is 0.727. The molecule has 78 valence electrons. The Kier molecular flexibility index (Phi) is 2.88. The first-order chi connectivity index (χ1) is 6.71. The van der Waals surface area contributed by atoms with Gasteiger partial charge >= 0.3 is 0 Å². The van der Waals surface area contributed by atoms with E-state index in [0.717, 1.165) is 37.3 Å². The summed E-state index contributed by atoms with van der Waals surface area (Å²) < 4.78 is 0. The lowest BCUT2D eigenvalue weighted by molar-refractivity contribution is 0.0161. The summed E-state index contributed by atoms with van der Waals surface area (Å²) in [5.41, 5.74) is 2.06. The first-order valence-corrected chi connectivity index (χ1v) is 6.26. The Labute approximate surface area is 89.0 Å². The summed E-state index contributed by atoms with van der Waals surface area (Å²) in [5, 5.41) is 12.5. The molecule has 0 aliphatic heterocycles. The van der Waals surface area contributed by atoms with Crippen LogP contribution in [0.15, 0.2) is 10.9 Å². The summed E-state index contributed by atoms with van der Waals surface area (Å²) in [4.78, 5) is 4.25. The molecule has 1 aromatic heterocycles. The second-order valence-corrected chi connectivity index (χ2v) is 5.16. The fourth-order valence-electron chi connectivity index (χ4n) is 2.20. The van der Waals surface area contributed by atoms with E-state index < -0.39 is 5.60 Å². The Morgan fingerprint density at radius 3 is 3.07 bits per heavy atom. The Morgan fingerprint density at radius 2 is 2.36 bits per heavy atom. The van der Waals surface area contributed by atoms with Gasteiger partial charge < -0.3 is 5.11 Å². The highest BCUT2D eigenvalue weighted by Gasteiger charge is 2.33. The van der Waals surface area contributed by atoms with E-state index >= 15 is 0 Å². The van der Waals surface area contributed by atoms with Crippen molar-refractivity contribution in [3.05, 3.63) is 16.6 Å². The van der Waals surface area contributed by atoms with E-state index in [-0.39, 0.29) is 0 Å². The molecular weight excluding hydrogens is 194 g/mol. The summed E-state index contributed by atoms with van der Waals surface area (Å²) in [6, 6.07) is 0. The summed E-state index contributed by atoms with van der Waals surface area (Å²) in [6.07, 6.45) is 5.23. The molecule has 3 heteroatoms. The van der Waals surface area contributed by atoms with Gasteiger partial charge in [-0.2, -0.15) is 0 Å². The Morgan fingerprint density at radius 1 is 1.50 bits per heavy atom. The number of rotatable bonds is 1. The maximum Gasteiger partial charge on any atom is 0.107 e. The summed E-state index contributed by atoms with van der Waals surface area (Å²) in [6.45, 7) is 2.27. The molecule has 0 bridgehead atoms. The molecule has 1 N–H and O–H groups in total. The number of aliphatic hydroxyl groups is 1. The van der Waals surface area contributed by atoms with Gasteiger partial charge in [0, 0.05) is 5.38 Å². The molecule has 1 aromatic rings. The molecule has 2 rings (SSSR count). The van der Waals surface area contributed by atoms with Crippen molar-refractivity contribution in [3.8, 4) is 0 Å². The van der Waals surface area contributed by atoms with Gasteiger partial charge in [-0.15, -0.1) is 11.3 Å². The van der Waals surface area contributed by atoms with Gasteiger partial charge in [0.25, 0.3) is 0 Å². The lowest BCUT2D eigenvalue weighted by atomic mass is 9.91. The van der Waals surface area contributed by atoms with Crippen molar-refractivity contribution in [2.75, 3.05) is 0 Å².